The second-order valence-corrected chi connectivity index (χ2v) is 8.02. The molecule has 0 spiro atoms. The fourth-order valence-corrected chi connectivity index (χ4v) is 4.69. The van der Waals surface area contributed by atoms with Crippen LogP contribution in [0.3, 0.4) is 0 Å². The van der Waals surface area contributed by atoms with Gasteiger partial charge in [-0.1, -0.05) is 30.3 Å². The molecule has 2 heterocycles. The molecule has 2 aliphatic heterocycles. The van der Waals surface area contributed by atoms with E-state index in [0.29, 0.717) is 11.6 Å². The van der Waals surface area contributed by atoms with Gasteiger partial charge in [0.2, 0.25) is 0 Å². The van der Waals surface area contributed by atoms with E-state index in [0.717, 1.165) is 37.8 Å². The van der Waals surface area contributed by atoms with Crippen molar-refractivity contribution in [3.8, 4) is 11.8 Å². The molecule has 0 saturated carbocycles. The molecule has 4 heteroatoms. The number of hydrogen-bond donors (Lipinski definition) is 0. The highest BCUT2D eigenvalue weighted by molar-refractivity contribution is 5.34. The average Bonchev–Trinajstić information content (AvgIpc) is 3.15. The van der Waals surface area contributed by atoms with Crippen LogP contribution in [0.15, 0.2) is 54.6 Å². The molecule has 2 unspecified atom stereocenters. The SMILES string of the molecule is N#Cc1ccc(OCCCN2CCCC3CN(Cc4ccccc4)CC32)cc1. The summed E-state index contributed by atoms with van der Waals surface area (Å²) in [4.78, 5) is 5.33. The lowest BCUT2D eigenvalue weighted by Crippen LogP contribution is -2.45. The normalized spacial score (nSPS) is 22.5. The molecule has 0 aliphatic carbocycles. The molecule has 0 radical (unpaired) electrons. The smallest absolute Gasteiger partial charge is 0.119 e. The first kappa shape index (κ1) is 19.0. The van der Waals surface area contributed by atoms with Gasteiger partial charge in [0.05, 0.1) is 18.2 Å². The molecule has 2 aromatic rings. The number of hydrogen-bond acceptors (Lipinski definition) is 4. The van der Waals surface area contributed by atoms with Gasteiger partial charge < -0.3 is 4.74 Å². The Kier molecular flexibility index (Phi) is 6.26. The van der Waals surface area contributed by atoms with Crippen LogP contribution >= 0.6 is 0 Å². The van der Waals surface area contributed by atoms with Gasteiger partial charge in [-0.15, -0.1) is 0 Å². The first-order chi connectivity index (χ1) is 13.8. The molecule has 2 atom stereocenters. The summed E-state index contributed by atoms with van der Waals surface area (Å²) in [6.45, 7) is 6.55. The largest absolute Gasteiger partial charge is 0.494 e. The van der Waals surface area contributed by atoms with Crippen LogP contribution < -0.4 is 4.74 Å². The van der Waals surface area contributed by atoms with Crippen LogP contribution in [0, 0.1) is 17.2 Å². The van der Waals surface area contributed by atoms with Crippen LogP contribution in [0.4, 0.5) is 0 Å². The number of benzene rings is 2. The van der Waals surface area contributed by atoms with Gasteiger partial charge in [-0.3, -0.25) is 9.80 Å². The minimum atomic E-state index is 0.674. The van der Waals surface area contributed by atoms with Gasteiger partial charge in [-0.05, 0) is 61.6 Å². The van der Waals surface area contributed by atoms with Crippen molar-refractivity contribution in [2.24, 2.45) is 5.92 Å². The lowest BCUT2D eigenvalue weighted by Gasteiger charge is -2.37. The monoisotopic (exact) mass is 375 g/mol. The van der Waals surface area contributed by atoms with Crippen molar-refractivity contribution in [3.63, 3.8) is 0 Å². The molecule has 0 amide bonds. The maximum atomic E-state index is 8.86. The second kappa shape index (κ2) is 9.23. The maximum Gasteiger partial charge on any atom is 0.119 e. The minimum absolute atomic E-state index is 0.674. The fourth-order valence-electron chi connectivity index (χ4n) is 4.69. The zero-order valence-electron chi connectivity index (χ0n) is 16.5. The van der Waals surface area contributed by atoms with Crippen LogP contribution in [-0.4, -0.2) is 48.6 Å². The van der Waals surface area contributed by atoms with E-state index in [9.17, 15) is 0 Å². The Balaban J connectivity index is 1.24. The molecular formula is C24H29N3O. The number of fused-ring (bicyclic) bond motifs is 1. The number of ether oxygens (including phenoxy) is 1. The Morgan fingerprint density at radius 1 is 1.04 bits per heavy atom. The van der Waals surface area contributed by atoms with E-state index in [1.807, 2.05) is 24.3 Å². The topological polar surface area (TPSA) is 39.5 Å². The van der Waals surface area contributed by atoms with E-state index in [4.69, 9.17) is 10.00 Å². The molecule has 2 saturated heterocycles. The van der Waals surface area contributed by atoms with Crippen molar-refractivity contribution in [1.29, 1.82) is 5.26 Å². The fraction of sp³-hybridized carbons (Fsp3) is 0.458. The maximum absolute atomic E-state index is 8.86. The molecule has 146 valence electrons. The number of nitriles is 1. The lowest BCUT2D eigenvalue weighted by atomic mass is 9.92. The van der Waals surface area contributed by atoms with E-state index >= 15 is 0 Å². The van der Waals surface area contributed by atoms with E-state index in [-0.39, 0.29) is 0 Å². The Morgan fingerprint density at radius 3 is 2.64 bits per heavy atom. The molecule has 2 aromatic carbocycles. The average molecular weight is 376 g/mol. The summed E-state index contributed by atoms with van der Waals surface area (Å²) >= 11 is 0. The van der Waals surface area contributed by atoms with Crippen molar-refractivity contribution in [2.75, 3.05) is 32.8 Å². The molecule has 0 N–H and O–H groups in total. The summed E-state index contributed by atoms with van der Waals surface area (Å²) in [5.41, 5.74) is 2.09. The first-order valence-electron chi connectivity index (χ1n) is 10.4. The molecule has 28 heavy (non-hydrogen) atoms. The molecule has 2 fully saturated rings. The van der Waals surface area contributed by atoms with Gasteiger partial charge in [-0.2, -0.15) is 5.26 Å². The van der Waals surface area contributed by atoms with Gasteiger partial charge in [0, 0.05) is 32.2 Å². The summed E-state index contributed by atoms with van der Waals surface area (Å²) in [7, 11) is 0. The third kappa shape index (κ3) is 4.73. The number of piperidine rings is 1. The van der Waals surface area contributed by atoms with Crippen molar-refractivity contribution in [3.05, 3.63) is 65.7 Å². The van der Waals surface area contributed by atoms with Gasteiger partial charge in [0.1, 0.15) is 5.75 Å². The highest BCUT2D eigenvalue weighted by Crippen LogP contribution is 2.31. The summed E-state index contributed by atoms with van der Waals surface area (Å²) in [6.07, 6.45) is 3.73. The second-order valence-electron chi connectivity index (χ2n) is 8.02. The predicted molar refractivity (Wildman–Crippen MR) is 111 cm³/mol. The lowest BCUT2D eigenvalue weighted by molar-refractivity contribution is 0.115. The van der Waals surface area contributed by atoms with Crippen LogP contribution in [-0.2, 0) is 6.54 Å². The summed E-state index contributed by atoms with van der Waals surface area (Å²) in [6, 6.07) is 21.1. The van der Waals surface area contributed by atoms with Crippen molar-refractivity contribution < 1.29 is 4.74 Å². The molecule has 0 aromatic heterocycles. The van der Waals surface area contributed by atoms with Crippen molar-refractivity contribution >= 4 is 0 Å². The van der Waals surface area contributed by atoms with Crippen LogP contribution in [0.1, 0.15) is 30.4 Å². The number of rotatable bonds is 7. The van der Waals surface area contributed by atoms with Gasteiger partial charge in [-0.25, -0.2) is 0 Å². The van der Waals surface area contributed by atoms with Crippen LogP contribution in [0.5, 0.6) is 5.75 Å². The van der Waals surface area contributed by atoms with Gasteiger partial charge in [0.15, 0.2) is 0 Å². The third-order valence-corrected chi connectivity index (χ3v) is 6.06. The van der Waals surface area contributed by atoms with E-state index in [2.05, 4.69) is 46.2 Å². The third-order valence-electron chi connectivity index (χ3n) is 6.06. The number of nitrogens with zero attached hydrogens (tertiary/aromatic N) is 3. The Labute approximate surface area is 168 Å². The Hall–Kier alpha value is -2.35. The van der Waals surface area contributed by atoms with E-state index < -0.39 is 0 Å². The van der Waals surface area contributed by atoms with Gasteiger partial charge >= 0.3 is 0 Å². The molecule has 4 rings (SSSR count). The van der Waals surface area contributed by atoms with Gasteiger partial charge in [0.25, 0.3) is 0 Å². The first-order valence-corrected chi connectivity index (χ1v) is 10.4. The summed E-state index contributed by atoms with van der Waals surface area (Å²) in [5, 5.41) is 8.86. The van der Waals surface area contributed by atoms with Crippen molar-refractivity contribution in [1.82, 2.24) is 9.80 Å². The van der Waals surface area contributed by atoms with E-state index in [1.165, 1.54) is 38.0 Å². The van der Waals surface area contributed by atoms with Crippen molar-refractivity contribution in [2.45, 2.75) is 31.8 Å². The Bertz CT molecular complexity index is 784. The highest BCUT2D eigenvalue weighted by atomic mass is 16.5. The zero-order chi connectivity index (χ0) is 19.2. The van der Waals surface area contributed by atoms with E-state index in [1.54, 1.807) is 0 Å². The molecule has 0 bridgehead atoms. The molecule has 4 nitrogen and oxygen atoms in total. The summed E-state index contributed by atoms with van der Waals surface area (Å²) < 4.78 is 5.86. The quantitative estimate of drug-likeness (QED) is 0.688. The standard InChI is InChI=1S/C24H29N3O/c25-16-20-9-11-23(12-10-20)28-15-5-14-27-13-4-8-22-18-26(19-24(22)27)17-21-6-2-1-3-7-21/h1-3,6-7,9-12,22,24H,4-5,8,13-15,17-19H2. The zero-order valence-corrected chi connectivity index (χ0v) is 16.5. The molecule has 2 aliphatic rings. The van der Waals surface area contributed by atoms with Crippen LogP contribution in [0.25, 0.3) is 0 Å². The predicted octanol–water partition coefficient (Wildman–Crippen LogP) is 3.92. The minimum Gasteiger partial charge on any atom is -0.494 e. The highest BCUT2D eigenvalue weighted by Gasteiger charge is 2.38. The Morgan fingerprint density at radius 2 is 1.86 bits per heavy atom. The number of likely N-dealkylation sites (tertiary alicyclic amines) is 2. The molecular weight excluding hydrogens is 346 g/mol. The van der Waals surface area contributed by atoms with Crippen LogP contribution in [0.2, 0.25) is 0 Å². The summed E-state index contributed by atoms with van der Waals surface area (Å²) in [5.74, 6) is 1.67.